The van der Waals surface area contributed by atoms with E-state index in [1.807, 2.05) is 6.07 Å². The molecule has 0 amide bonds. The molecule has 0 fully saturated rings. The minimum Gasteiger partial charge on any atom is -0.497 e. The zero-order valence-electron chi connectivity index (χ0n) is 12.5. The summed E-state index contributed by atoms with van der Waals surface area (Å²) >= 11 is 3.57. The van der Waals surface area contributed by atoms with Gasteiger partial charge in [-0.05, 0) is 34.5 Å². The summed E-state index contributed by atoms with van der Waals surface area (Å²) in [5.74, 6) is 1.88. The Bertz CT molecular complexity index is 590. The highest BCUT2D eigenvalue weighted by molar-refractivity contribution is 9.10. The van der Waals surface area contributed by atoms with Crippen molar-refractivity contribution in [1.82, 2.24) is 5.32 Å². The molecule has 0 aliphatic carbocycles. The van der Waals surface area contributed by atoms with Gasteiger partial charge >= 0.3 is 0 Å². The van der Waals surface area contributed by atoms with Gasteiger partial charge in [-0.2, -0.15) is 0 Å². The van der Waals surface area contributed by atoms with Crippen LogP contribution in [0.15, 0.2) is 21.0 Å². The van der Waals surface area contributed by atoms with Crippen LogP contribution in [-0.4, -0.2) is 13.2 Å². The van der Waals surface area contributed by atoms with Crippen LogP contribution in [0.4, 0.5) is 0 Å². The van der Waals surface area contributed by atoms with E-state index in [1.165, 1.54) is 5.56 Å². The average molecular weight is 340 g/mol. The molecule has 3 nitrogen and oxygen atoms in total. The molecule has 0 atom stereocenters. The van der Waals surface area contributed by atoms with Gasteiger partial charge in [0.15, 0.2) is 0 Å². The number of halogens is 1. The highest BCUT2D eigenvalue weighted by atomic mass is 79.9. The zero-order valence-corrected chi connectivity index (χ0v) is 14.1. The van der Waals surface area contributed by atoms with Crippen molar-refractivity contribution in [1.29, 1.82) is 0 Å². The first kappa shape index (κ1) is 15.4. The van der Waals surface area contributed by atoms with E-state index >= 15 is 0 Å². The molecule has 2 rings (SSSR count). The Morgan fingerprint density at radius 3 is 2.70 bits per heavy atom. The van der Waals surface area contributed by atoms with E-state index in [0.29, 0.717) is 6.04 Å². The number of rotatable bonds is 6. The van der Waals surface area contributed by atoms with Gasteiger partial charge in [0.1, 0.15) is 17.1 Å². The van der Waals surface area contributed by atoms with Crippen LogP contribution in [-0.2, 0) is 13.0 Å². The van der Waals surface area contributed by atoms with Gasteiger partial charge in [0.05, 0.1) is 18.1 Å². The molecule has 110 valence electrons. The topological polar surface area (TPSA) is 34.4 Å². The van der Waals surface area contributed by atoms with Gasteiger partial charge in [0.25, 0.3) is 0 Å². The summed E-state index contributed by atoms with van der Waals surface area (Å²) in [6, 6.07) is 4.45. The van der Waals surface area contributed by atoms with Gasteiger partial charge < -0.3 is 14.5 Å². The molecule has 0 saturated heterocycles. The highest BCUT2D eigenvalue weighted by Gasteiger charge is 2.17. The van der Waals surface area contributed by atoms with Gasteiger partial charge in [0.2, 0.25) is 0 Å². The fourth-order valence-electron chi connectivity index (χ4n) is 2.31. The summed E-state index contributed by atoms with van der Waals surface area (Å²) in [6.45, 7) is 7.23. The lowest BCUT2D eigenvalue weighted by Crippen LogP contribution is -2.22. The molecule has 1 heterocycles. The number of aryl methyl sites for hydroxylation is 1. The molecule has 0 saturated carbocycles. The van der Waals surface area contributed by atoms with Gasteiger partial charge in [0, 0.05) is 17.0 Å². The molecule has 1 aromatic heterocycles. The number of methoxy groups -OCH3 is 1. The van der Waals surface area contributed by atoms with Crippen LogP contribution in [0, 0.1) is 0 Å². The largest absolute Gasteiger partial charge is 0.497 e. The molecule has 0 aliphatic heterocycles. The summed E-state index contributed by atoms with van der Waals surface area (Å²) in [7, 11) is 1.69. The van der Waals surface area contributed by atoms with Crippen molar-refractivity contribution in [3.8, 4) is 5.75 Å². The number of benzene rings is 1. The zero-order chi connectivity index (χ0) is 14.7. The van der Waals surface area contributed by atoms with Crippen LogP contribution in [0.1, 0.15) is 38.5 Å². The van der Waals surface area contributed by atoms with Crippen LogP contribution in [0.2, 0.25) is 0 Å². The average Bonchev–Trinajstić information content (AvgIpc) is 2.76. The lowest BCUT2D eigenvalue weighted by molar-refractivity contribution is 0.415. The summed E-state index contributed by atoms with van der Waals surface area (Å²) in [4.78, 5) is 0. The minimum atomic E-state index is 0.440. The van der Waals surface area contributed by atoms with E-state index in [-0.39, 0.29) is 0 Å². The second-order valence-corrected chi connectivity index (χ2v) is 6.13. The van der Waals surface area contributed by atoms with Gasteiger partial charge in [-0.1, -0.05) is 27.2 Å². The molecule has 1 N–H and O–H groups in total. The van der Waals surface area contributed by atoms with Gasteiger partial charge in [-0.15, -0.1) is 0 Å². The second-order valence-electron chi connectivity index (χ2n) is 5.28. The van der Waals surface area contributed by atoms with Crippen LogP contribution in [0.3, 0.4) is 0 Å². The van der Waals surface area contributed by atoms with Crippen LogP contribution >= 0.6 is 15.9 Å². The number of fused-ring (bicyclic) bond motifs is 1. The van der Waals surface area contributed by atoms with Crippen LogP contribution < -0.4 is 10.1 Å². The van der Waals surface area contributed by atoms with Gasteiger partial charge in [-0.25, -0.2) is 0 Å². The SMILES string of the molecule is CCCc1c(CNC(C)C)oc2c(Br)cc(OC)cc12. The van der Waals surface area contributed by atoms with Gasteiger partial charge in [-0.3, -0.25) is 0 Å². The predicted octanol–water partition coefficient (Wildman–Crippen LogP) is 4.65. The number of ether oxygens (including phenoxy) is 1. The summed E-state index contributed by atoms with van der Waals surface area (Å²) in [5, 5.41) is 4.58. The van der Waals surface area contributed by atoms with Crippen molar-refractivity contribution >= 4 is 26.9 Å². The molecule has 0 spiro atoms. The molecule has 0 radical (unpaired) electrons. The number of furan rings is 1. The summed E-state index contributed by atoms with van der Waals surface area (Å²) < 4.78 is 12.4. The highest BCUT2D eigenvalue weighted by Crippen LogP contribution is 2.36. The fourth-order valence-corrected chi connectivity index (χ4v) is 2.83. The third kappa shape index (κ3) is 3.18. The van der Waals surface area contributed by atoms with E-state index < -0.39 is 0 Å². The molecule has 0 aliphatic rings. The van der Waals surface area contributed by atoms with Crippen LogP contribution in [0.5, 0.6) is 5.75 Å². The molecular formula is C16H22BrNO2. The van der Waals surface area contributed by atoms with E-state index in [0.717, 1.165) is 46.3 Å². The van der Waals surface area contributed by atoms with Crippen molar-refractivity contribution in [2.75, 3.05) is 7.11 Å². The fraction of sp³-hybridized carbons (Fsp3) is 0.500. The molecular weight excluding hydrogens is 318 g/mol. The Hall–Kier alpha value is -1.00. The molecule has 0 unspecified atom stereocenters. The Kier molecular flexibility index (Phi) is 5.11. The minimum absolute atomic E-state index is 0.440. The number of hydrogen-bond donors (Lipinski definition) is 1. The Labute approximate surface area is 128 Å². The van der Waals surface area contributed by atoms with Crippen LogP contribution in [0.25, 0.3) is 11.0 Å². The molecule has 1 aromatic carbocycles. The monoisotopic (exact) mass is 339 g/mol. The Balaban J connectivity index is 2.51. The number of nitrogens with one attached hydrogen (secondary N) is 1. The summed E-state index contributed by atoms with van der Waals surface area (Å²) in [6.07, 6.45) is 2.11. The van der Waals surface area contributed by atoms with Crippen molar-refractivity contribution in [2.24, 2.45) is 0 Å². The van der Waals surface area contributed by atoms with Crippen molar-refractivity contribution in [2.45, 2.75) is 46.2 Å². The van der Waals surface area contributed by atoms with Crippen molar-refractivity contribution in [3.63, 3.8) is 0 Å². The Morgan fingerprint density at radius 1 is 1.35 bits per heavy atom. The van der Waals surface area contributed by atoms with E-state index in [2.05, 4.69) is 48.1 Å². The first-order valence-corrected chi connectivity index (χ1v) is 7.87. The first-order chi connectivity index (χ1) is 9.56. The lowest BCUT2D eigenvalue weighted by atomic mass is 10.1. The molecule has 20 heavy (non-hydrogen) atoms. The number of hydrogen-bond acceptors (Lipinski definition) is 3. The molecule has 2 aromatic rings. The maximum Gasteiger partial charge on any atom is 0.149 e. The van der Waals surface area contributed by atoms with E-state index in [4.69, 9.17) is 9.15 Å². The molecule has 4 heteroatoms. The second kappa shape index (κ2) is 6.64. The maximum absolute atomic E-state index is 6.07. The maximum atomic E-state index is 6.07. The smallest absolute Gasteiger partial charge is 0.149 e. The summed E-state index contributed by atoms with van der Waals surface area (Å²) in [5.41, 5.74) is 2.20. The van der Waals surface area contributed by atoms with Crippen molar-refractivity contribution in [3.05, 3.63) is 27.9 Å². The predicted molar refractivity (Wildman–Crippen MR) is 86.4 cm³/mol. The third-order valence-corrected chi connectivity index (χ3v) is 3.90. The quantitative estimate of drug-likeness (QED) is 0.831. The van der Waals surface area contributed by atoms with E-state index in [1.54, 1.807) is 7.11 Å². The lowest BCUT2D eigenvalue weighted by Gasteiger charge is -2.07. The molecule has 0 bridgehead atoms. The Morgan fingerprint density at radius 2 is 2.10 bits per heavy atom. The third-order valence-electron chi connectivity index (χ3n) is 3.31. The standard InChI is InChI=1S/C16H22BrNO2/c1-5-6-12-13-7-11(19-4)8-14(17)16(13)20-15(12)9-18-10(2)3/h7-8,10,18H,5-6,9H2,1-4H3. The van der Waals surface area contributed by atoms with E-state index in [9.17, 15) is 0 Å². The van der Waals surface area contributed by atoms with Crippen molar-refractivity contribution < 1.29 is 9.15 Å². The normalized spacial score (nSPS) is 11.5. The first-order valence-electron chi connectivity index (χ1n) is 7.08.